The molecule has 0 aliphatic rings. The van der Waals surface area contributed by atoms with Crippen LogP contribution >= 0.6 is 0 Å². The number of rotatable bonds is 3. The highest BCUT2D eigenvalue weighted by molar-refractivity contribution is 5.83. The maximum Gasteiger partial charge on any atom is 0.353 e. The molecule has 0 bridgehead atoms. The fourth-order valence-electron chi connectivity index (χ4n) is 1.22. The summed E-state index contributed by atoms with van der Waals surface area (Å²) in [7, 11) is 1.13. The van der Waals surface area contributed by atoms with Crippen LogP contribution in [0.15, 0.2) is 30.3 Å². The van der Waals surface area contributed by atoms with Gasteiger partial charge in [-0.15, -0.1) is 0 Å². The van der Waals surface area contributed by atoms with E-state index in [1.54, 1.807) is 30.3 Å². The third-order valence-corrected chi connectivity index (χ3v) is 2.01. The molecule has 0 aromatic heterocycles. The minimum atomic E-state index is -2.10. The summed E-state index contributed by atoms with van der Waals surface area (Å²) < 4.78 is 4.37. The van der Waals surface area contributed by atoms with E-state index in [9.17, 15) is 9.90 Å². The molecule has 0 spiro atoms. The predicted molar refractivity (Wildman–Crippen MR) is 52.7 cm³/mol. The quantitative estimate of drug-likeness (QED) is 0.581. The van der Waals surface area contributed by atoms with Crippen molar-refractivity contribution >= 4 is 5.97 Å². The van der Waals surface area contributed by atoms with Gasteiger partial charge < -0.3 is 9.84 Å². The zero-order chi connectivity index (χ0) is 11.3. The lowest BCUT2D eigenvalue weighted by molar-refractivity contribution is -0.156. The molecule has 1 aromatic rings. The first-order chi connectivity index (χ1) is 7.12. The van der Waals surface area contributed by atoms with Crippen LogP contribution in [0.1, 0.15) is 5.56 Å². The lowest BCUT2D eigenvalue weighted by Crippen LogP contribution is -2.40. The van der Waals surface area contributed by atoms with E-state index in [0.717, 1.165) is 7.11 Å². The van der Waals surface area contributed by atoms with Crippen molar-refractivity contribution in [3.63, 3.8) is 0 Å². The van der Waals surface area contributed by atoms with Crippen LogP contribution < -0.4 is 0 Å². The monoisotopic (exact) mass is 205 g/mol. The lowest BCUT2D eigenvalue weighted by Gasteiger charge is -2.16. The van der Waals surface area contributed by atoms with E-state index < -0.39 is 11.6 Å². The maximum absolute atomic E-state index is 11.2. The normalized spacial score (nSPS) is 13.7. The Morgan fingerprint density at radius 3 is 2.60 bits per heavy atom. The predicted octanol–water partition coefficient (Wildman–Crippen LogP) is 0.657. The number of hydrogen-bond donors (Lipinski definition) is 1. The molecule has 15 heavy (non-hydrogen) atoms. The van der Waals surface area contributed by atoms with Crippen LogP contribution in [0.5, 0.6) is 0 Å². The topological polar surface area (TPSA) is 70.3 Å². The number of nitrogens with zero attached hydrogens (tertiary/aromatic N) is 1. The van der Waals surface area contributed by atoms with Crippen molar-refractivity contribution in [2.75, 3.05) is 7.11 Å². The minimum Gasteiger partial charge on any atom is -0.466 e. The van der Waals surface area contributed by atoms with Crippen molar-refractivity contribution in [1.29, 1.82) is 5.26 Å². The molecular weight excluding hydrogens is 194 g/mol. The third kappa shape index (κ3) is 2.55. The molecule has 0 aliphatic heterocycles. The van der Waals surface area contributed by atoms with Crippen molar-refractivity contribution in [2.24, 2.45) is 0 Å². The van der Waals surface area contributed by atoms with Crippen LogP contribution in [-0.2, 0) is 16.0 Å². The summed E-state index contributed by atoms with van der Waals surface area (Å²) in [5, 5.41) is 18.5. The highest BCUT2D eigenvalue weighted by atomic mass is 16.5. The molecule has 4 nitrogen and oxygen atoms in total. The van der Waals surface area contributed by atoms with Gasteiger partial charge in [0.1, 0.15) is 6.07 Å². The van der Waals surface area contributed by atoms with Gasteiger partial charge in [0.15, 0.2) is 0 Å². The minimum absolute atomic E-state index is 0.0724. The van der Waals surface area contributed by atoms with Gasteiger partial charge in [-0.05, 0) is 5.56 Å². The fraction of sp³-hybridized carbons (Fsp3) is 0.273. The number of esters is 1. The summed E-state index contributed by atoms with van der Waals surface area (Å²) in [5.74, 6) is -0.936. The molecule has 0 aliphatic carbocycles. The first kappa shape index (κ1) is 11.2. The zero-order valence-electron chi connectivity index (χ0n) is 8.30. The second kappa shape index (κ2) is 4.58. The molecule has 1 aromatic carbocycles. The lowest BCUT2D eigenvalue weighted by atomic mass is 9.96. The van der Waals surface area contributed by atoms with Crippen molar-refractivity contribution in [3.8, 4) is 6.07 Å². The summed E-state index contributed by atoms with van der Waals surface area (Å²) in [4.78, 5) is 11.2. The van der Waals surface area contributed by atoms with Gasteiger partial charge in [-0.3, -0.25) is 0 Å². The van der Waals surface area contributed by atoms with E-state index in [-0.39, 0.29) is 6.42 Å². The van der Waals surface area contributed by atoms with Gasteiger partial charge in [0.05, 0.1) is 7.11 Å². The Labute approximate surface area is 87.7 Å². The van der Waals surface area contributed by atoms with E-state index in [1.807, 2.05) is 6.07 Å². The van der Waals surface area contributed by atoms with Crippen LogP contribution in [0.4, 0.5) is 0 Å². The molecule has 4 heteroatoms. The summed E-state index contributed by atoms with van der Waals surface area (Å²) in [6.45, 7) is 0. The van der Waals surface area contributed by atoms with Gasteiger partial charge in [-0.25, -0.2) is 4.79 Å². The molecular formula is C11H11NO3. The Balaban J connectivity index is 2.88. The van der Waals surface area contributed by atoms with Crippen molar-refractivity contribution in [2.45, 2.75) is 12.0 Å². The third-order valence-electron chi connectivity index (χ3n) is 2.01. The van der Waals surface area contributed by atoms with Gasteiger partial charge in [0, 0.05) is 6.42 Å². The average molecular weight is 205 g/mol. The Morgan fingerprint density at radius 1 is 1.53 bits per heavy atom. The molecule has 0 amide bonds. The molecule has 1 atom stereocenters. The Bertz CT molecular complexity index is 383. The fourth-order valence-corrected chi connectivity index (χ4v) is 1.22. The van der Waals surface area contributed by atoms with Gasteiger partial charge >= 0.3 is 5.97 Å². The Hall–Kier alpha value is -1.86. The van der Waals surface area contributed by atoms with Crippen molar-refractivity contribution < 1.29 is 14.6 Å². The molecule has 0 saturated heterocycles. The molecule has 1 N–H and O–H groups in total. The van der Waals surface area contributed by atoms with Gasteiger partial charge in [0.25, 0.3) is 5.60 Å². The van der Waals surface area contributed by atoms with Gasteiger partial charge in [-0.1, -0.05) is 30.3 Å². The van der Waals surface area contributed by atoms with Crippen LogP contribution in [-0.4, -0.2) is 23.8 Å². The van der Waals surface area contributed by atoms with E-state index in [2.05, 4.69) is 4.74 Å². The summed E-state index contributed by atoms with van der Waals surface area (Å²) in [6, 6.07) is 10.4. The van der Waals surface area contributed by atoms with Crippen molar-refractivity contribution in [1.82, 2.24) is 0 Å². The largest absolute Gasteiger partial charge is 0.466 e. The first-order valence-electron chi connectivity index (χ1n) is 4.38. The molecule has 1 rings (SSSR count). The number of carbonyl (C=O) groups is 1. The molecule has 78 valence electrons. The van der Waals surface area contributed by atoms with E-state index >= 15 is 0 Å². The van der Waals surface area contributed by atoms with Crippen LogP contribution in [0, 0.1) is 11.3 Å². The molecule has 0 saturated carbocycles. The number of benzene rings is 1. The zero-order valence-corrected chi connectivity index (χ0v) is 8.30. The number of carbonyl (C=O) groups excluding carboxylic acids is 1. The highest BCUT2D eigenvalue weighted by Crippen LogP contribution is 2.14. The van der Waals surface area contributed by atoms with Crippen molar-refractivity contribution in [3.05, 3.63) is 35.9 Å². The highest BCUT2D eigenvalue weighted by Gasteiger charge is 2.37. The van der Waals surface area contributed by atoms with E-state index in [1.165, 1.54) is 0 Å². The standard InChI is InChI=1S/C11H11NO3/c1-15-10(13)11(14,8-12)7-9-5-3-2-4-6-9/h2-6,14H,7H2,1H3. The molecule has 0 fully saturated rings. The van der Waals surface area contributed by atoms with Crippen LogP contribution in [0.25, 0.3) is 0 Å². The summed E-state index contributed by atoms with van der Waals surface area (Å²) in [5.41, 5.74) is -1.40. The molecule has 0 heterocycles. The number of hydrogen-bond acceptors (Lipinski definition) is 4. The smallest absolute Gasteiger partial charge is 0.353 e. The average Bonchev–Trinajstić information content (AvgIpc) is 2.29. The number of nitriles is 1. The number of methoxy groups -OCH3 is 1. The molecule has 0 radical (unpaired) electrons. The Kier molecular flexibility index (Phi) is 3.42. The summed E-state index contributed by atoms with van der Waals surface area (Å²) in [6.07, 6.45) is -0.0724. The van der Waals surface area contributed by atoms with Crippen LogP contribution in [0.3, 0.4) is 0 Å². The molecule has 1 unspecified atom stereocenters. The van der Waals surface area contributed by atoms with E-state index in [4.69, 9.17) is 5.26 Å². The number of aliphatic hydroxyl groups is 1. The first-order valence-corrected chi connectivity index (χ1v) is 4.38. The van der Waals surface area contributed by atoms with E-state index in [0.29, 0.717) is 5.56 Å². The Morgan fingerprint density at radius 2 is 2.13 bits per heavy atom. The van der Waals surface area contributed by atoms with Gasteiger partial charge in [-0.2, -0.15) is 5.26 Å². The number of ether oxygens (including phenoxy) is 1. The van der Waals surface area contributed by atoms with Gasteiger partial charge in [0.2, 0.25) is 0 Å². The van der Waals surface area contributed by atoms with Crippen LogP contribution in [0.2, 0.25) is 0 Å². The maximum atomic E-state index is 11.2. The SMILES string of the molecule is COC(=O)C(O)(C#N)Cc1ccccc1. The summed E-state index contributed by atoms with van der Waals surface area (Å²) >= 11 is 0. The second-order valence-corrected chi connectivity index (χ2v) is 3.13. The second-order valence-electron chi connectivity index (χ2n) is 3.13.